The first-order chi connectivity index (χ1) is 9.52. The van der Waals surface area contributed by atoms with E-state index >= 15 is 0 Å². The molecule has 20 heavy (non-hydrogen) atoms. The first kappa shape index (κ1) is 14.2. The second-order valence-electron chi connectivity index (χ2n) is 3.86. The van der Waals surface area contributed by atoms with Gasteiger partial charge in [-0.05, 0) is 18.2 Å². The van der Waals surface area contributed by atoms with Gasteiger partial charge < -0.3 is 9.84 Å². The molecule has 0 heterocycles. The van der Waals surface area contributed by atoms with Gasteiger partial charge in [-0.2, -0.15) is 0 Å². The Morgan fingerprint density at radius 3 is 2.70 bits per heavy atom. The third-order valence-electron chi connectivity index (χ3n) is 2.56. The Kier molecular flexibility index (Phi) is 4.16. The molecule has 1 N–H and O–H groups in total. The molecule has 0 aliphatic heterocycles. The van der Waals surface area contributed by atoms with Crippen LogP contribution in [-0.2, 0) is 6.61 Å². The largest absolute Gasteiger partial charge is 0.454 e. The topological polar surface area (TPSA) is 72.6 Å². The van der Waals surface area contributed by atoms with E-state index in [1.807, 2.05) is 0 Å². The molecule has 0 unspecified atom stereocenters. The number of hydrogen-bond donors (Lipinski definition) is 1. The molecular formula is C13H9ClFNO4. The highest BCUT2D eigenvalue weighted by atomic mass is 35.5. The number of ether oxygens (including phenoxy) is 1. The quantitative estimate of drug-likeness (QED) is 0.690. The van der Waals surface area contributed by atoms with Crippen molar-refractivity contribution in [3.8, 4) is 11.5 Å². The monoisotopic (exact) mass is 297 g/mol. The average Bonchev–Trinajstić information content (AvgIpc) is 2.44. The molecule has 0 amide bonds. The van der Waals surface area contributed by atoms with Crippen molar-refractivity contribution < 1.29 is 19.2 Å². The van der Waals surface area contributed by atoms with Gasteiger partial charge in [-0.15, -0.1) is 0 Å². The molecule has 0 bridgehead atoms. The molecule has 7 heteroatoms. The van der Waals surface area contributed by atoms with Crippen molar-refractivity contribution >= 4 is 17.3 Å². The van der Waals surface area contributed by atoms with Crippen LogP contribution in [0.5, 0.6) is 11.5 Å². The lowest BCUT2D eigenvalue weighted by Gasteiger charge is -2.10. The van der Waals surface area contributed by atoms with Gasteiger partial charge in [0.15, 0.2) is 11.6 Å². The Morgan fingerprint density at radius 1 is 1.30 bits per heavy atom. The van der Waals surface area contributed by atoms with Crippen LogP contribution in [0.15, 0.2) is 36.4 Å². The second-order valence-corrected chi connectivity index (χ2v) is 4.27. The Labute approximate surface area is 118 Å². The second kappa shape index (κ2) is 5.85. The highest BCUT2D eigenvalue weighted by Gasteiger charge is 2.14. The van der Waals surface area contributed by atoms with Crippen molar-refractivity contribution in [2.45, 2.75) is 6.61 Å². The number of aliphatic hydroxyl groups excluding tert-OH is 1. The molecule has 0 spiro atoms. The van der Waals surface area contributed by atoms with Gasteiger partial charge >= 0.3 is 0 Å². The Balaban J connectivity index is 2.38. The number of halogens is 2. The molecular weight excluding hydrogens is 289 g/mol. The molecule has 5 nitrogen and oxygen atoms in total. The lowest BCUT2D eigenvalue weighted by atomic mass is 10.2. The SMILES string of the molecule is O=[N+]([O-])c1ccc(Oc2cccc(Cl)c2F)c(CO)c1. The van der Waals surface area contributed by atoms with Gasteiger partial charge in [-0.1, -0.05) is 17.7 Å². The maximum atomic E-state index is 13.7. The van der Waals surface area contributed by atoms with Crippen LogP contribution in [0.4, 0.5) is 10.1 Å². The van der Waals surface area contributed by atoms with E-state index in [0.717, 1.165) is 6.07 Å². The Morgan fingerprint density at radius 2 is 2.05 bits per heavy atom. The number of nitro benzene ring substituents is 1. The summed E-state index contributed by atoms with van der Waals surface area (Å²) in [5, 5.41) is 19.7. The Bertz CT molecular complexity index is 663. The number of nitrogens with zero attached hydrogens (tertiary/aromatic N) is 1. The summed E-state index contributed by atoms with van der Waals surface area (Å²) in [6.45, 7) is -0.473. The zero-order valence-corrected chi connectivity index (χ0v) is 10.8. The van der Waals surface area contributed by atoms with Crippen molar-refractivity contribution in [1.29, 1.82) is 0 Å². The minimum absolute atomic E-state index is 0.102. The van der Waals surface area contributed by atoms with Gasteiger partial charge in [0, 0.05) is 17.7 Å². The predicted molar refractivity (Wildman–Crippen MR) is 70.5 cm³/mol. The summed E-state index contributed by atoms with van der Waals surface area (Å²) in [4.78, 5) is 10.0. The van der Waals surface area contributed by atoms with Crippen molar-refractivity contribution in [3.05, 3.63) is 62.9 Å². The fraction of sp³-hybridized carbons (Fsp3) is 0.0769. The highest BCUT2D eigenvalue weighted by molar-refractivity contribution is 6.30. The molecule has 0 saturated heterocycles. The van der Waals surface area contributed by atoms with Crippen LogP contribution in [0.3, 0.4) is 0 Å². The van der Waals surface area contributed by atoms with Crippen LogP contribution in [0.25, 0.3) is 0 Å². The van der Waals surface area contributed by atoms with Gasteiger partial charge in [0.25, 0.3) is 5.69 Å². The fourth-order valence-corrected chi connectivity index (χ4v) is 1.75. The van der Waals surface area contributed by atoms with Crippen LogP contribution >= 0.6 is 11.6 Å². The van der Waals surface area contributed by atoms with Crippen molar-refractivity contribution in [1.82, 2.24) is 0 Å². The number of rotatable bonds is 4. The first-order valence-electron chi connectivity index (χ1n) is 5.53. The minimum Gasteiger partial charge on any atom is -0.454 e. The smallest absolute Gasteiger partial charge is 0.270 e. The molecule has 0 aliphatic rings. The summed E-state index contributed by atoms with van der Waals surface area (Å²) < 4.78 is 19.0. The van der Waals surface area contributed by atoms with E-state index in [-0.39, 0.29) is 27.8 Å². The Hall–Kier alpha value is -2.18. The van der Waals surface area contributed by atoms with Crippen molar-refractivity contribution in [3.63, 3.8) is 0 Å². The summed E-state index contributed by atoms with van der Waals surface area (Å²) in [6, 6.07) is 7.90. The molecule has 0 aromatic heterocycles. The zero-order chi connectivity index (χ0) is 14.7. The van der Waals surface area contributed by atoms with Gasteiger partial charge in [0.1, 0.15) is 5.75 Å². The zero-order valence-electron chi connectivity index (χ0n) is 10.0. The fourth-order valence-electron chi connectivity index (χ4n) is 1.58. The van der Waals surface area contributed by atoms with E-state index in [1.165, 1.54) is 30.3 Å². The molecule has 0 aliphatic carbocycles. The molecule has 0 saturated carbocycles. The maximum Gasteiger partial charge on any atom is 0.270 e. The van der Waals surface area contributed by atoms with Crippen LogP contribution in [-0.4, -0.2) is 10.0 Å². The molecule has 2 aromatic rings. The standard InChI is InChI=1S/C13H9ClFNO4/c14-10-2-1-3-12(13(10)15)20-11-5-4-9(16(18)19)6-8(11)7-17/h1-6,17H,7H2. The third-order valence-corrected chi connectivity index (χ3v) is 2.85. The molecule has 2 aromatic carbocycles. The van der Waals surface area contributed by atoms with E-state index in [4.69, 9.17) is 16.3 Å². The van der Waals surface area contributed by atoms with Crippen LogP contribution in [0.2, 0.25) is 5.02 Å². The third kappa shape index (κ3) is 2.87. The van der Waals surface area contributed by atoms with Gasteiger partial charge in [0.05, 0.1) is 16.6 Å². The van der Waals surface area contributed by atoms with E-state index in [2.05, 4.69) is 0 Å². The summed E-state index contributed by atoms with van der Waals surface area (Å²) in [6.07, 6.45) is 0. The summed E-state index contributed by atoms with van der Waals surface area (Å²) in [5.41, 5.74) is -0.00783. The van der Waals surface area contributed by atoms with E-state index < -0.39 is 17.3 Å². The van der Waals surface area contributed by atoms with Crippen molar-refractivity contribution in [2.24, 2.45) is 0 Å². The van der Waals surface area contributed by atoms with E-state index in [1.54, 1.807) is 0 Å². The van der Waals surface area contributed by atoms with E-state index in [9.17, 15) is 19.6 Å². The number of nitro groups is 1. The van der Waals surface area contributed by atoms with E-state index in [0.29, 0.717) is 0 Å². The lowest BCUT2D eigenvalue weighted by Crippen LogP contribution is -1.96. The van der Waals surface area contributed by atoms with Gasteiger partial charge in [-0.25, -0.2) is 4.39 Å². The molecule has 0 radical (unpaired) electrons. The molecule has 104 valence electrons. The first-order valence-corrected chi connectivity index (χ1v) is 5.90. The van der Waals surface area contributed by atoms with Crippen LogP contribution in [0.1, 0.15) is 5.56 Å². The number of benzene rings is 2. The summed E-state index contributed by atoms with van der Waals surface area (Å²) in [7, 11) is 0. The maximum absolute atomic E-state index is 13.7. The predicted octanol–water partition coefficient (Wildman–Crippen LogP) is 3.67. The number of non-ortho nitro benzene ring substituents is 1. The molecule has 2 rings (SSSR count). The van der Waals surface area contributed by atoms with Gasteiger partial charge in [0.2, 0.25) is 0 Å². The summed E-state index contributed by atoms with van der Waals surface area (Å²) in [5.74, 6) is -0.739. The highest BCUT2D eigenvalue weighted by Crippen LogP contribution is 2.32. The summed E-state index contributed by atoms with van der Waals surface area (Å²) >= 11 is 5.63. The molecule has 0 fully saturated rings. The number of aliphatic hydroxyl groups is 1. The van der Waals surface area contributed by atoms with Gasteiger partial charge in [-0.3, -0.25) is 10.1 Å². The van der Waals surface area contributed by atoms with Crippen LogP contribution in [0, 0.1) is 15.9 Å². The lowest BCUT2D eigenvalue weighted by molar-refractivity contribution is -0.385. The normalized spacial score (nSPS) is 10.3. The average molecular weight is 298 g/mol. The van der Waals surface area contributed by atoms with Crippen molar-refractivity contribution in [2.75, 3.05) is 0 Å². The minimum atomic E-state index is -0.739. The molecule has 0 atom stereocenters. The van der Waals surface area contributed by atoms with Crippen LogP contribution < -0.4 is 4.74 Å². The number of hydrogen-bond acceptors (Lipinski definition) is 4.